The predicted octanol–water partition coefficient (Wildman–Crippen LogP) is 4.73. The van der Waals surface area contributed by atoms with Crippen LogP contribution in [0.3, 0.4) is 0 Å². The summed E-state index contributed by atoms with van der Waals surface area (Å²) >= 11 is 2.15. The molecule has 3 heterocycles. The van der Waals surface area contributed by atoms with Crippen molar-refractivity contribution in [3.63, 3.8) is 0 Å². The number of nitrogens with one attached hydrogen (secondary N) is 2. The number of benzene rings is 3. The summed E-state index contributed by atoms with van der Waals surface area (Å²) in [7, 11) is 0. The Labute approximate surface area is 260 Å². The molecule has 2 aliphatic heterocycles. The highest BCUT2D eigenvalue weighted by atomic mass is 32.2. The lowest BCUT2D eigenvalue weighted by Gasteiger charge is -2.30. The lowest BCUT2D eigenvalue weighted by molar-refractivity contribution is -0.122. The van der Waals surface area contributed by atoms with Gasteiger partial charge >= 0.3 is 10.8 Å². The number of aryl methyl sites for hydroxylation is 1. The molecule has 12 heteroatoms. The molecule has 6 rings (SSSR count). The minimum absolute atomic E-state index is 0.223. The fourth-order valence-corrected chi connectivity index (χ4v) is 7.92. The van der Waals surface area contributed by atoms with Gasteiger partial charge in [0.2, 0.25) is 11.8 Å². The Bertz CT molecular complexity index is 1810. The fraction of sp³-hybridized carbons (Fsp3) is 0.219. The molecule has 0 saturated carbocycles. The molecule has 3 aromatic carbocycles. The summed E-state index contributed by atoms with van der Waals surface area (Å²) in [5, 5.41) is 2.52. The van der Waals surface area contributed by atoms with E-state index in [-0.39, 0.29) is 24.0 Å². The molecule has 224 valence electrons. The van der Waals surface area contributed by atoms with Crippen molar-refractivity contribution in [2.45, 2.75) is 30.0 Å². The molecule has 0 radical (unpaired) electrons. The number of thiazole rings is 1. The summed E-state index contributed by atoms with van der Waals surface area (Å²) in [4.78, 5) is 69.5. The molecule has 1 saturated heterocycles. The van der Waals surface area contributed by atoms with E-state index in [0.717, 1.165) is 33.6 Å². The van der Waals surface area contributed by atoms with Gasteiger partial charge in [-0.3, -0.25) is 19.2 Å². The Morgan fingerprint density at radius 2 is 1.68 bits per heavy atom. The molecule has 0 bridgehead atoms. The predicted molar refractivity (Wildman–Crippen MR) is 167 cm³/mol. The molecule has 3 unspecified atom stereocenters. The zero-order chi connectivity index (χ0) is 31.0. The lowest BCUT2D eigenvalue weighted by atomic mass is 9.82. The van der Waals surface area contributed by atoms with Crippen LogP contribution in [0, 0.1) is 12.8 Å². The van der Waals surface area contributed by atoms with Gasteiger partial charge < -0.3 is 19.8 Å². The minimum Gasteiger partial charge on any atom is -0.483 e. The van der Waals surface area contributed by atoms with Crippen LogP contribution >= 0.6 is 23.1 Å². The topological polar surface area (TPSA) is 135 Å². The van der Waals surface area contributed by atoms with Gasteiger partial charge in [-0.2, -0.15) is 0 Å². The van der Waals surface area contributed by atoms with Crippen molar-refractivity contribution in [3.05, 3.63) is 104 Å². The van der Waals surface area contributed by atoms with Crippen molar-refractivity contribution in [1.82, 2.24) is 4.98 Å². The van der Waals surface area contributed by atoms with Crippen LogP contribution < -0.4 is 19.8 Å². The quantitative estimate of drug-likeness (QED) is 0.211. The third kappa shape index (κ3) is 5.53. The maximum absolute atomic E-state index is 14.1. The van der Waals surface area contributed by atoms with E-state index in [1.807, 2.05) is 19.1 Å². The first-order chi connectivity index (χ1) is 21.2. The maximum atomic E-state index is 14.1. The standard InChI is InChI=1S/C32H27N3O7S2/c1-3-41-31(39)18-10-14-20(15-11-18)35-29(37)25-24(26-28(34-32(40)44-26)43-27(25)30(35)38)21-6-4-5-7-22(21)42-16-23(36)33-19-12-8-17(2)9-13-19/h4-15,24-25,27H,3,16H2,1-2H3,(H,33,36)(H,34,40). The number of ether oxygens (including phenoxy) is 2. The number of para-hydroxylation sites is 1. The van der Waals surface area contributed by atoms with E-state index in [9.17, 15) is 24.0 Å². The van der Waals surface area contributed by atoms with Crippen molar-refractivity contribution < 1.29 is 28.7 Å². The van der Waals surface area contributed by atoms with Gasteiger partial charge in [-0.15, -0.1) is 0 Å². The second kappa shape index (κ2) is 12.1. The third-order valence-electron chi connectivity index (χ3n) is 7.41. The third-order valence-corrected chi connectivity index (χ3v) is 9.81. The molecule has 10 nitrogen and oxygen atoms in total. The summed E-state index contributed by atoms with van der Waals surface area (Å²) in [6, 6.07) is 20.5. The van der Waals surface area contributed by atoms with Crippen LogP contribution in [0.1, 0.15) is 39.2 Å². The zero-order valence-corrected chi connectivity index (χ0v) is 25.3. The number of rotatable bonds is 8. The van der Waals surface area contributed by atoms with Crippen LogP contribution in [0.25, 0.3) is 0 Å². The number of thioether (sulfide) groups is 1. The summed E-state index contributed by atoms with van der Waals surface area (Å²) < 4.78 is 11.0. The molecule has 1 aromatic heterocycles. The smallest absolute Gasteiger partial charge is 0.338 e. The van der Waals surface area contributed by atoms with Gasteiger partial charge in [-0.1, -0.05) is 59.0 Å². The van der Waals surface area contributed by atoms with Crippen molar-refractivity contribution in [2.24, 2.45) is 5.92 Å². The number of H-pyrrole nitrogens is 1. The van der Waals surface area contributed by atoms with E-state index < -0.39 is 34.9 Å². The van der Waals surface area contributed by atoms with Crippen LogP contribution in [-0.2, 0) is 19.1 Å². The number of hydrogen-bond acceptors (Lipinski definition) is 9. The van der Waals surface area contributed by atoms with E-state index in [1.165, 1.54) is 12.1 Å². The van der Waals surface area contributed by atoms with Crippen LogP contribution in [0.15, 0.2) is 82.6 Å². The molecular formula is C32H27N3O7S2. The molecule has 2 N–H and O–H groups in total. The largest absolute Gasteiger partial charge is 0.483 e. The van der Waals surface area contributed by atoms with Crippen molar-refractivity contribution in [1.29, 1.82) is 0 Å². The number of imide groups is 1. The molecule has 1 fully saturated rings. The van der Waals surface area contributed by atoms with Crippen molar-refractivity contribution in [2.75, 3.05) is 23.4 Å². The number of carbonyl (C=O) groups is 4. The normalized spacial score (nSPS) is 18.9. The highest BCUT2D eigenvalue weighted by Crippen LogP contribution is 2.54. The SMILES string of the molecule is CCOC(=O)c1ccc(N2C(=O)C3Sc4[nH]c(=O)sc4C(c4ccccc4OCC(=O)Nc4ccc(C)cc4)C3C2=O)cc1. The number of fused-ring (bicyclic) bond motifs is 2. The van der Waals surface area contributed by atoms with Gasteiger partial charge in [-0.25, -0.2) is 9.69 Å². The highest BCUT2D eigenvalue weighted by molar-refractivity contribution is 8.00. The molecule has 3 amide bonds. The average Bonchev–Trinajstić information content (AvgIpc) is 3.51. The maximum Gasteiger partial charge on any atom is 0.338 e. The number of aromatic nitrogens is 1. The lowest BCUT2D eigenvalue weighted by Crippen LogP contribution is -2.32. The molecule has 2 aliphatic rings. The Hall–Kier alpha value is -4.68. The summed E-state index contributed by atoms with van der Waals surface area (Å²) in [6.45, 7) is 3.60. The van der Waals surface area contributed by atoms with E-state index in [0.29, 0.717) is 38.2 Å². The Balaban J connectivity index is 1.31. The van der Waals surface area contributed by atoms with Gasteiger partial charge in [0, 0.05) is 22.0 Å². The molecule has 4 aromatic rings. The van der Waals surface area contributed by atoms with E-state index in [2.05, 4.69) is 10.3 Å². The Kier molecular flexibility index (Phi) is 8.11. The molecule has 0 spiro atoms. The number of aromatic amines is 1. The second-order valence-electron chi connectivity index (χ2n) is 10.3. The second-order valence-corrected chi connectivity index (χ2v) is 12.4. The number of hydrogen-bond donors (Lipinski definition) is 2. The molecular weight excluding hydrogens is 603 g/mol. The van der Waals surface area contributed by atoms with Gasteiger partial charge in [0.1, 0.15) is 11.0 Å². The summed E-state index contributed by atoms with van der Waals surface area (Å²) in [5.74, 6) is -2.88. The first-order valence-corrected chi connectivity index (χ1v) is 15.6. The number of carbonyl (C=O) groups excluding carboxylic acids is 4. The monoisotopic (exact) mass is 629 g/mol. The Morgan fingerprint density at radius 1 is 0.955 bits per heavy atom. The summed E-state index contributed by atoms with van der Waals surface area (Å²) in [6.07, 6.45) is 0. The van der Waals surface area contributed by atoms with Crippen LogP contribution in [0.4, 0.5) is 11.4 Å². The van der Waals surface area contributed by atoms with Gasteiger partial charge in [0.15, 0.2) is 6.61 Å². The average molecular weight is 630 g/mol. The molecule has 0 aliphatic carbocycles. The fourth-order valence-electron chi connectivity index (χ4n) is 5.41. The minimum atomic E-state index is -0.845. The number of amides is 3. The number of nitrogens with zero attached hydrogens (tertiary/aromatic N) is 1. The summed E-state index contributed by atoms with van der Waals surface area (Å²) in [5.41, 5.74) is 2.92. The van der Waals surface area contributed by atoms with Gasteiger partial charge in [0.25, 0.3) is 5.91 Å². The highest BCUT2D eigenvalue weighted by Gasteiger charge is 2.56. The first kappa shape index (κ1) is 29.4. The first-order valence-electron chi connectivity index (χ1n) is 13.9. The van der Waals surface area contributed by atoms with Crippen LogP contribution in [-0.4, -0.2) is 47.1 Å². The van der Waals surface area contributed by atoms with Gasteiger partial charge in [0.05, 0.1) is 28.8 Å². The van der Waals surface area contributed by atoms with Crippen molar-refractivity contribution in [3.8, 4) is 5.75 Å². The zero-order valence-electron chi connectivity index (χ0n) is 23.7. The Morgan fingerprint density at radius 3 is 2.41 bits per heavy atom. The number of esters is 1. The van der Waals surface area contributed by atoms with Crippen LogP contribution in [0.2, 0.25) is 0 Å². The number of anilines is 2. The van der Waals surface area contributed by atoms with E-state index >= 15 is 0 Å². The van der Waals surface area contributed by atoms with E-state index in [4.69, 9.17) is 9.47 Å². The van der Waals surface area contributed by atoms with Crippen molar-refractivity contribution >= 4 is 58.2 Å². The molecule has 44 heavy (non-hydrogen) atoms. The van der Waals surface area contributed by atoms with Crippen LogP contribution in [0.5, 0.6) is 5.75 Å². The van der Waals surface area contributed by atoms with E-state index in [1.54, 1.807) is 55.5 Å². The molecule has 3 atom stereocenters. The van der Waals surface area contributed by atoms with Gasteiger partial charge in [-0.05, 0) is 56.3 Å².